The number of hydrogen-bond donors (Lipinski definition) is 2. The second-order valence-electron chi connectivity index (χ2n) is 3.47. The molecule has 0 aliphatic rings. The van der Waals surface area contributed by atoms with E-state index in [1.54, 1.807) is 12.1 Å². The average molecular weight is 233 g/mol. The molecule has 0 spiro atoms. The zero-order chi connectivity index (χ0) is 12.7. The summed E-state index contributed by atoms with van der Waals surface area (Å²) in [6.07, 6.45) is -0.398. The van der Waals surface area contributed by atoms with Crippen LogP contribution < -0.4 is 0 Å². The fourth-order valence-corrected chi connectivity index (χ4v) is 1.41. The normalized spacial score (nSPS) is 14.2. The van der Waals surface area contributed by atoms with Crippen LogP contribution in [0.2, 0.25) is 0 Å². The Labute approximate surface area is 99.1 Å². The molecular weight excluding hydrogens is 221 g/mol. The Morgan fingerprint density at radius 2 is 2.06 bits per heavy atom. The number of carbonyl (C=O) groups is 1. The Kier molecular flexibility index (Phi) is 5.22. The van der Waals surface area contributed by atoms with Crippen LogP contribution in [-0.2, 0) is 15.9 Å². The first-order chi connectivity index (χ1) is 8.15. The van der Waals surface area contributed by atoms with Crippen LogP contribution in [0.1, 0.15) is 5.56 Å². The zero-order valence-corrected chi connectivity index (χ0v) is 9.06. The van der Waals surface area contributed by atoms with Crippen LogP contribution in [0, 0.1) is 0 Å². The number of benzene rings is 1. The SMILES string of the molecule is O=BC=N[C@@H](Cc1ccccc1)[C@H](O)C(=O)O. The molecule has 5 nitrogen and oxygen atoms in total. The molecule has 1 rings (SSSR count). The van der Waals surface area contributed by atoms with E-state index in [2.05, 4.69) is 4.99 Å². The predicted octanol–water partition coefficient (Wildman–Crippen LogP) is 0.121. The number of carboxylic acids is 1. The molecule has 0 radical (unpaired) electrons. The Balaban J connectivity index is 2.80. The van der Waals surface area contributed by atoms with E-state index in [0.717, 1.165) is 11.7 Å². The molecule has 0 aliphatic carbocycles. The molecule has 2 N–H and O–H groups in total. The Bertz CT molecular complexity index is 407. The van der Waals surface area contributed by atoms with E-state index in [1.807, 2.05) is 18.2 Å². The molecule has 6 heteroatoms. The first-order valence-electron chi connectivity index (χ1n) is 5.07. The van der Waals surface area contributed by atoms with E-state index >= 15 is 0 Å². The Morgan fingerprint density at radius 3 is 2.59 bits per heavy atom. The maximum atomic E-state index is 10.7. The summed E-state index contributed by atoms with van der Waals surface area (Å²) in [5.74, 6) is -1.35. The first kappa shape index (κ1) is 13.3. The number of carboxylic acid groups (broad SMARTS) is 1. The molecule has 0 bridgehead atoms. The summed E-state index contributed by atoms with van der Waals surface area (Å²) in [6.45, 7) is 0. The molecule has 0 unspecified atom stereocenters. The van der Waals surface area contributed by atoms with Crippen LogP contribution >= 0.6 is 0 Å². The van der Waals surface area contributed by atoms with Crippen LogP contribution in [-0.4, -0.2) is 41.6 Å². The molecule has 1 aromatic rings. The van der Waals surface area contributed by atoms with E-state index in [4.69, 9.17) is 5.11 Å². The third kappa shape index (κ3) is 4.28. The Hall–Kier alpha value is -1.82. The molecule has 0 saturated carbocycles. The molecule has 17 heavy (non-hydrogen) atoms. The molecule has 0 amide bonds. The van der Waals surface area contributed by atoms with Gasteiger partial charge in [0.25, 0.3) is 0 Å². The molecule has 0 saturated heterocycles. The summed E-state index contributed by atoms with van der Waals surface area (Å²) in [7, 11) is 0.451. The van der Waals surface area contributed by atoms with Crippen molar-refractivity contribution in [2.75, 3.05) is 0 Å². The summed E-state index contributed by atoms with van der Waals surface area (Å²) in [6, 6.07) is 8.20. The van der Waals surface area contributed by atoms with Crippen molar-refractivity contribution >= 4 is 19.2 Å². The van der Waals surface area contributed by atoms with E-state index in [0.29, 0.717) is 7.15 Å². The fraction of sp³-hybridized carbons (Fsp3) is 0.273. The molecule has 0 fully saturated rings. The van der Waals surface area contributed by atoms with Crippen molar-refractivity contribution in [3.63, 3.8) is 0 Å². The van der Waals surface area contributed by atoms with Crippen LogP contribution in [0.4, 0.5) is 0 Å². The van der Waals surface area contributed by atoms with Crippen LogP contribution in [0.15, 0.2) is 35.3 Å². The average Bonchev–Trinajstić information content (AvgIpc) is 2.34. The molecular formula is C11H12BNO4. The maximum absolute atomic E-state index is 10.7. The van der Waals surface area contributed by atoms with Gasteiger partial charge in [0, 0.05) is 0 Å². The summed E-state index contributed by atoms with van der Waals surface area (Å²) < 4.78 is 10.2. The third-order valence-corrected chi connectivity index (χ3v) is 2.24. The van der Waals surface area contributed by atoms with Gasteiger partial charge in [-0.3, -0.25) is 0 Å². The molecule has 1 aromatic carbocycles. The van der Waals surface area contributed by atoms with Crippen molar-refractivity contribution in [2.24, 2.45) is 4.99 Å². The number of aliphatic hydroxyl groups is 1. The second kappa shape index (κ2) is 6.70. The van der Waals surface area contributed by atoms with Crippen LogP contribution in [0.25, 0.3) is 0 Å². The van der Waals surface area contributed by atoms with Gasteiger partial charge in [-0.1, -0.05) is 0 Å². The molecule has 0 heterocycles. The van der Waals surface area contributed by atoms with Gasteiger partial charge in [0.05, 0.1) is 0 Å². The monoisotopic (exact) mass is 233 g/mol. The molecule has 2 atom stereocenters. The standard InChI is InChI=1S/C11H12BNO4/c14-10(11(15)16)9(13-7-12-17)6-8-4-2-1-3-5-8/h1-5,7,9-10,14H,6H2,(H,15,16)/t9-,10-/m0/s1. The third-order valence-electron chi connectivity index (χ3n) is 2.24. The summed E-state index contributed by atoms with van der Waals surface area (Å²) in [5.41, 5.74) is 0.848. The molecule has 88 valence electrons. The van der Waals surface area contributed by atoms with Gasteiger partial charge in [0.1, 0.15) is 0 Å². The number of hydrogen-bond acceptors (Lipinski definition) is 4. The van der Waals surface area contributed by atoms with Gasteiger partial charge >= 0.3 is 98.4 Å². The van der Waals surface area contributed by atoms with Crippen molar-refractivity contribution < 1.29 is 19.7 Å². The van der Waals surface area contributed by atoms with E-state index < -0.39 is 18.1 Å². The van der Waals surface area contributed by atoms with Gasteiger partial charge in [-0.15, -0.1) is 0 Å². The fourth-order valence-electron chi connectivity index (χ4n) is 1.41. The van der Waals surface area contributed by atoms with Crippen molar-refractivity contribution in [1.82, 2.24) is 0 Å². The number of aliphatic hydroxyl groups excluding tert-OH is 1. The van der Waals surface area contributed by atoms with E-state index in [-0.39, 0.29) is 6.42 Å². The molecule has 0 aromatic heterocycles. The number of nitrogens with zero attached hydrogens (tertiary/aromatic N) is 1. The summed E-state index contributed by atoms with van der Waals surface area (Å²) >= 11 is 0. The van der Waals surface area contributed by atoms with Gasteiger partial charge in [-0.2, -0.15) is 0 Å². The Morgan fingerprint density at radius 1 is 1.41 bits per heavy atom. The van der Waals surface area contributed by atoms with E-state index in [1.165, 1.54) is 0 Å². The number of rotatable bonds is 6. The minimum atomic E-state index is -1.62. The number of aliphatic imine (C=N–C) groups is 1. The topological polar surface area (TPSA) is 87.0 Å². The van der Waals surface area contributed by atoms with Crippen molar-refractivity contribution in [3.05, 3.63) is 35.9 Å². The van der Waals surface area contributed by atoms with Crippen molar-refractivity contribution in [2.45, 2.75) is 18.6 Å². The van der Waals surface area contributed by atoms with Gasteiger partial charge in [-0.05, 0) is 0 Å². The van der Waals surface area contributed by atoms with Crippen LogP contribution in [0.5, 0.6) is 0 Å². The first-order valence-corrected chi connectivity index (χ1v) is 5.07. The van der Waals surface area contributed by atoms with Gasteiger partial charge in [0.2, 0.25) is 0 Å². The number of aliphatic carboxylic acids is 1. The van der Waals surface area contributed by atoms with Gasteiger partial charge in [-0.25, -0.2) is 0 Å². The van der Waals surface area contributed by atoms with Gasteiger partial charge in [0.15, 0.2) is 0 Å². The van der Waals surface area contributed by atoms with Crippen molar-refractivity contribution in [1.29, 1.82) is 0 Å². The van der Waals surface area contributed by atoms with E-state index in [9.17, 15) is 14.6 Å². The second-order valence-corrected chi connectivity index (χ2v) is 3.47. The quantitative estimate of drug-likeness (QED) is 0.539. The predicted molar refractivity (Wildman–Crippen MR) is 62.5 cm³/mol. The summed E-state index contributed by atoms with van der Waals surface area (Å²) in [5, 5.41) is 18.2. The minimum absolute atomic E-state index is 0.263. The zero-order valence-electron chi connectivity index (χ0n) is 9.06. The van der Waals surface area contributed by atoms with Crippen LogP contribution in [0.3, 0.4) is 0 Å². The van der Waals surface area contributed by atoms with Gasteiger partial charge < -0.3 is 0 Å². The summed E-state index contributed by atoms with van der Waals surface area (Å²) in [4.78, 5) is 14.4. The van der Waals surface area contributed by atoms with Crippen molar-refractivity contribution in [3.8, 4) is 0 Å². The molecule has 0 aliphatic heterocycles.